The molecule has 0 saturated carbocycles. The Morgan fingerprint density at radius 3 is 2.87 bits per heavy atom. The summed E-state index contributed by atoms with van der Waals surface area (Å²) in [5.74, 6) is 0.310. The third-order valence-electron chi connectivity index (χ3n) is 1.74. The molecule has 0 aliphatic heterocycles. The number of benzene rings is 1. The molecule has 0 amide bonds. The predicted octanol–water partition coefficient (Wildman–Crippen LogP) is 0.966. The molecule has 0 radical (unpaired) electrons. The van der Waals surface area contributed by atoms with Crippen LogP contribution in [-0.2, 0) is 0 Å². The molecule has 15 heavy (non-hydrogen) atoms. The lowest BCUT2D eigenvalue weighted by atomic mass is 10.2. The van der Waals surface area contributed by atoms with E-state index in [1.54, 1.807) is 6.07 Å². The number of aromatic hydroxyl groups is 2. The van der Waals surface area contributed by atoms with Gasteiger partial charge in [-0.2, -0.15) is 10.1 Å². The van der Waals surface area contributed by atoms with E-state index in [0.29, 0.717) is 11.5 Å². The minimum atomic E-state index is -0.0433. The Balaban J connectivity index is 2.24. The molecule has 0 aliphatic carbocycles. The van der Waals surface area contributed by atoms with Crippen molar-refractivity contribution >= 4 is 12.2 Å². The molecule has 0 saturated heterocycles. The van der Waals surface area contributed by atoms with E-state index >= 15 is 0 Å². The molecular weight excluding hydrogens is 196 g/mol. The number of hydrogen-bond donors (Lipinski definition) is 3. The van der Waals surface area contributed by atoms with Gasteiger partial charge in [0, 0.05) is 17.8 Å². The van der Waals surface area contributed by atoms with Crippen LogP contribution >= 0.6 is 0 Å². The van der Waals surface area contributed by atoms with Gasteiger partial charge in [-0.3, -0.25) is 0 Å². The number of aliphatic imine (C=N–C) groups is 1. The van der Waals surface area contributed by atoms with Crippen molar-refractivity contribution in [3.05, 3.63) is 30.1 Å². The highest BCUT2D eigenvalue weighted by Crippen LogP contribution is 2.21. The summed E-state index contributed by atoms with van der Waals surface area (Å²) in [4.78, 5) is 7.71. The summed E-state index contributed by atoms with van der Waals surface area (Å²) in [6.07, 6.45) is 2.76. The van der Waals surface area contributed by atoms with Crippen molar-refractivity contribution < 1.29 is 10.2 Å². The summed E-state index contributed by atoms with van der Waals surface area (Å²) in [6.45, 7) is 0. The van der Waals surface area contributed by atoms with E-state index in [2.05, 4.69) is 20.2 Å². The average molecular weight is 204 g/mol. The van der Waals surface area contributed by atoms with Gasteiger partial charge >= 0.3 is 0 Å². The van der Waals surface area contributed by atoms with Crippen LogP contribution in [0.15, 0.2) is 29.5 Å². The van der Waals surface area contributed by atoms with Crippen molar-refractivity contribution in [2.45, 2.75) is 0 Å². The zero-order valence-electron chi connectivity index (χ0n) is 7.62. The Bertz CT molecular complexity index is 479. The molecule has 1 heterocycles. The lowest BCUT2D eigenvalue weighted by Crippen LogP contribution is -1.82. The summed E-state index contributed by atoms with van der Waals surface area (Å²) in [5.41, 5.74) is 0.490. The van der Waals surface area contributed by atoms with Crippen LogP contribution in [0.5, 0.6) is 11.5 Å². The van der Waals surface area contributed by atoms with Crippen molar-refractivity contribution in [1.29, 1.82) is 0 Å². The quantitative estimate of drug-likeness (QED) is 0.635. The molecule has 76 valence electrons. The number of aromatic amines is 1. The van der Waals surface area contributed by atoms with Gasteiger partial charge in [0.2, 0.25) is 5.95 Å². The Kier molecular flexibility index (Phi) is 2.32. The van der Waals surface area contributed by atoms with E-state index in [-0.39, 0.29) is 11.5 Å². The van der Waals surface area contributed by atoms with Gasteiger partial charge in [-0.1, -0.05) is 0 Å². The molecular formula is C9H8N4O2. The van der Waals surface area contributed by atoms with Crippen LogP contribution in [0.1, 0.15) is 5.56 Å². The number of phenolic OH excluding ortho intramolecular Hbond substituents is 2. The van der Waals surface area contributed by atoms with Gasteiger partial charge < -0.3 is 10.2 Å². The van der Waals surface area contributed by atoms with Crippen molar-refractivity contribution in [2.24, 2.45) is 4.99 Å². The van der Waals surface area contributed by atoms with Crippen LogP contribution < -0.4 is 0 Å². The first-order valence-corrected chi connectivity index (χ1v) is 4.17. The van der Waals surface area contributed by atoms with Crippen molar-refractivity contribution in [3.8, 4) is 11.5 Å². The van der Waals surface area contributed by atoms with Crippen LogP contribution in [0.3, 0.4) is 0 Å². The second-order valence-corrected chi connectivity index (χ2v) is 2.81. The Hall–Kier alpha value is -2.37. The van der Waals surface area contributed by atoms with E-state index in [1.807, 2.05) is 0 Å². The van der Waals surface area contributed by atoms with E-state index in [0.717, 1.165) is 0 Å². The highest BCUT2D eigenvalue weighted by atomic mass is 16.3. The lowest BCUT2D eigenvalue weighted by Gasteiger charge is -1.97. The maximum Gasteiger partial charge on any atom is 0.245 e. The van der Waals surface area contributed by atoms with Gasteiger partial charge in [-0.15, -0.1) is 0 Å². The number of rotatable bonds is 2. The number of hydrogen-bond acceptors (Lipinski definition) is 5. The fourth-order valence-corrected chi connectivity index (χ4v) is 1.03. The van der Waals surface area contributed by atoms with E-state index in [9.17, 15) is 5.11 Å². The van der Waals surface area contributed by atoms with Gasteiger partial charge in [0.15, 0.2) is 0 Å². The first kappa shape index (κ1) is 9.20. The minimum Gasteiger partial charge on any atom is -0.508 e. The first-order chi connectivity index (χ1) is 7.25. The molecule has 0 spiro atoms. The van der Waals surface area contributed by atoms with Gasteiger partial charge in [0.25, 0.3) is 0 Å². The number of nitrogens with one attached hydrogen (secondary N) is 1. The van der Waals surface area contributed by atoms with Gasteiger partial charge in [0.05, 0.1) is 0 Å². The second-order valence-electron chi connectivity index (χ2n) is 2.81. The maximum atomic E-state index is 9.42. The third kappa shape index (κ3) is 2.11. The molecule has 3 N–H and O–H groups in total. The molecule has 2 aromatic rings. The second kappa shape index (κ2) is 3.79. The minimum absolute atomic E-state index is 0.00400. The van der Waals surface area contributed by atoms with E-state index in [1.165, 1.54) is 24.7 Å². The number of H-pyrrole nitrogens is 1. The molecule has 0 aliphatic rings. The van der Waals surface area contributed by atoms with Gasteiger partial charge in [-0.05, 0) is 12.1 Å². The monoisotopic (exact) mass is 204 g/mol. The zero-order valence-corrected chi connectivity index (χ0v) is 7.62. The molecule has 0 fully saturated rings. The number of nitrogens with zero attached hydrogens (tertiary/aromatic N) is 3. The maximum absolute atomic E-state index is 9.42. The molecule has 6 heteroatoms. The summed E-state index contributed by atoms with van der Waals surface area (Å²) in [6, 6.07) is 4.24. The summed E-state index contributed by atoms with van der Waals surface area (Å²) >= 11 is 0. The SMILES string of the molecule is Oc1ccc(/C=N\c2ncn[nH]2)c(O)c1. The predicted molar refractivity (Wildman–Crippen MR) is 53.4 cm³/mol. The van der Waals surface area contributed by atoms with Crippen LogP contribution in [0.4, 0.5) is 5.95 Å². The van der Waals surface area contributed by atoms with E-state index in [4.69, 9.17) is 5.11 Å². The van der Waals surface area contributed by atoms with Crippen molar-refractivity contribution in [3.63, 3.8) is 0 Å². The topological polar surface area (TPSA) is 94.4 Å². The zero-order chi connectivity index (χ0) is 10.7. The van der Waals surface area contributed by atoms with Crippen LogP contribution in [-0.4, -0.2) is 31.6 Å². The molecule has 6 nitrogen and oxygen atoms in total. The fourth-order valence-electron chi connectivity index (χ4n) is 1.03. The van der Waals surface area contributed by atoms with Crippen LogP contribution in [0, 0.1) is 0 Å². The molecule has 1 aromatic heterocycles. The van der Waals surface area contributed by atoms with Crippen LogP contribution in [0.2, 0.25) is 0 Å². The lowest BCUT2D eigenvalue weighted by molar-refractivity contribution is 0.450. The van der Waals surface area contributed by atoms with E-state index < -0.39 is 0 Å². The largest absolute Gasteiger partial charge is 0.508 e. The molecule has 0 unspecified atom stereocenters. The fraction of sp³-hybridized carbons (Fsp3) is 0. The Morgan fingerprint density at radius 2 is 2.20 bits per heavy atom. The molecule has 2 rings (SSSR count). The molecule has 1 aromatic carbocycles. The number of phenols is 2. The molecule has 0 atom stereocenters. The van der Waals surface area contributed by atoms with Crippen molar-refractivity contribution in [2.75, 3.05) is 0 Å². The van der Waals surface area contributed by atoms with Crippen LogP contribution in [0.25, 0.3) is 0 Å². The third-order valence-corrected chi connectivity index (χ3v) is 1.74. The standard InChI is InChI=1S/C9H8N4O2/c14-7-2-1-6(8(15)3-7)4-10-9-11-5-12-13-9/h1-5,14-15H,(H,11,12,13)/b10-4-. The first-order valence-electron chi connectivity index (χ1n) is 4.17. The van der Waals surface area contributed by atoms with Gasteiger partial charge in [-0.25, -0.2) is 10.1 Å². The highest BCUT2D eigenvalue weighted by molar-refractivity contribution is 5.84. The molecule has 0 bridgehead atoms. The summed E-state index contributed by atoms with van der Waals surface area (Å²) in [7, 11) is 0. The summed E-state index contributed by atoms with van der Waals surface area (Å²) in [5, 5.41) is 24.6. The van der Waals surface area contributed by atoms with Gasteiger partial charge in [0.1, 0.15) is 17.8 Å². The Morgan fingerprint density at radius 1 is 1.33 bits per heavy atom. The Labute approximate surface area is 85.0 Å². The summed E-state index contributed by atoms with van der Waals surface area (Å²) < 4.78 is 0. The number of aromatic nitrogens is 3. The smallest absolute Gasteiger partial charge is 0.245 e. The normalized spacial score (nSPS) is 10.9. The average Bonchev–Trinajstić information content (AvgIpc) is 2.69. The highest BCUT2D eigenvalue weighted by Gasteiger charge is 1.99. The van der Waals surface area contributed by atoms with Crippen molar-refractivity contribution in [1.82, 2.24) is 15.2 Å².